The SMILES string of the molecule is CCNc1cc(C)ccc1C(=O)N1CCCCC1CC. The lowest BCUT2D eigenvalue weighted by Gasteiger charge is -2.35. The van der Waals surface area contributed by atoms with Gasteiger partial charge in [-0.3, -0.25) is 4.79 Å². The Morgan fingerprint density at radius 2 is 2.15 bits per heavy atom. The molecule has 1 aromatic rings. The van der Waals surface area contributed by atoms with E-state index in [1.54, 1.807) is 0 Å². The molecule has 0 saturated carbocycles. The van der Waals surface area contributed by atoms with E-state index in [9.17, 15) is 4.79 Å². The summed E-state index contributed by atoms with van der Waals surface area (Å²) in [4.78, 5) is 14.9. The minimum absolute atomic E-state index is 0.188. The van der Waals surface area contributed by atoms with Crippen molar-refractivity contribution in [1.82, 2.24) is 4.90 Å². The first-order valence-electron chi connectivity index (χ1n) is 7.82. The highest BCUT2D eigenvalue weighted by atomic mass is 16.2. The molecule has 20 heavy (non-hydrogen) atoms. The largest absolute Gasteiger partial charge is 0.385 e. The summed E-state index contributed by atoms with van der Waals surface area (Å²) >= 11 is 0. The van der Waals surface area contributed by atoms with Crippen LogP contribution in [0.4, 0.5) is 5.69 Å². The maximum atomic E-state index is 12.9. The molecule has 1 atom stereocenters. The first kappa shape index (κ1) is 14.9. The molecule has 1 heterocycles. The van der Waals surface area contributed by atoms with Crippen molar-refractivity contribution >= 4 is 11.6 Å². The van der Waals surface area contributed by atoms with E-state index in [1.165, 1.54) is 12.0 Å². The highest BCUT2D eigenvalue weighted by Crippen LogP contribution is 2.25. The Morgan fingerprint density at radius 3 is 2.85 bits per heavy atom. The van der Waals surface area contributed by atoms with E-state index in [4.69, 9.17) is 0 Å². The molecule has 1 aliphatic rings. The summed E-state index contributed by atoms with van der Waals surface area (Å²) < 4.78 is 0. The molecule has 0 aromatic heterocycles. The summed E-state index contributed by atoms with van der Waals surface area (Å²) in [6.45, 7) is 8.03. The van der Waals surface area contributed by atoms with Crippen LogP contribution in [-0.4, -0.2) is 29.9 Å². The number of carbonyl (C=O) groups excluding carboxylic acids is 1. The van der Waals surface area contributed by atoms with Gasteiger partial charge in [0.25, 0.3) is 5.91 Å². The van der Waals surface area contributed by atoms with Crippen LogP contribution in [0.5, 0.6) is 0 Å². The number of piperidine rings is 1. The third kappa shape index (κ3) is 3.14. The van der Waals surface area contributed by atoms with Gasteiger partial charge in [0.2, 0.25) is 0 Å². The fraction of sp³-hybridized carbons (Fsp3) is 0.588. The van der Waals surface area contributed by atoms with E-state index in [-0.39, 0.29) is 5.91 Å². The van der Waals surface area contributed by atoms with Crippen LogP contribution >= 0.6 is 0 Å². The van der Waals surface area contributed by atoms with Crippen molar-refractivity contribution in [2.75, 3.05) is 18.4 Å². The Kier molecular flexibility index (Phi) is 5.05. The summed E-state index contributed by atoms with van der Waals surface area (Å²) in [6.07, 6.45) is 4.57. The van der Waals surface area contributed by atoms with Crippen LogP contribution in [-0.2, 0) is 0 Å². The lowest BCUT2D eigenvalue weighted by Crippen LogP contribution is -2.43. The smallest absolute Gasteiger partial charge is 0.256 e. The Morgan fingerprint density at radius 1 is 1.35 bits per heavy atom. The zero-order valence-electron chi connectivity index (χ0n) is 12.9. The Balaban J connectivity index is 2.27. The molecule has 0 bridgehead atoms. The van der Waals surface area contributed by atoms with Gasteiger partial charge in [0.05, 0.1) is 5.56 Å². The highest BCUT2D eigenvalue weighted by Gasteiger charge is 2.27. The van der Waals surface area contributed by atoms with E-state index in [0.717, 1.165) is 43.6 Å². The van der Waals surface area contributed by atoms with E-state index in [1.807, 2.05) is 12.1 Å². The van der Waals surface area contributed by atoms with Crippen molar-refractivity contribution in [1.29, 1.82) is 0 Å². The van der Waals surface area contributed by atoms with Crippen molar-refractivity contribution in [3.05, 3.63) is 29.3 Å². The number of benzene rings is 1. The number of rotatable bonds is 4. The van der Waals surface area contributed by atoms with E-state index in [2.05, 4.69) is 37.1 Å². The van der Waals surface area contributed by atoms with E-state index in [0.29, 0.717) is 6.04 Å². The molecular weight excluding hydrogens is 248 g/mol. The van der Waals surface area contributed by atoms with Crippen LogP contribution in [0.25, 0.3) is 0 Å². The number of amides is 1. The molecule has 2 rings (SSSR count). The Labute approximate surface area is 122 Å². The number of nitrogens with one attached hydrogen (secondary N) is 1. The molecule has 1 N–H and O–H groups in total. The first-order chi connectivity index (χ1) is 9.67. The Hall–Kier alpha value is -1.51. The van der Waals surface area contributed by atoms with Crippen LogP contribution in [0.15, 0.2) is 18.2 Å². The topological polar surface area (TPSA) is 32.3 Å². The van der Waals surface area contributed by atoms with Gasteiger partial charge in [-0.05, 0) is 57.2 Å². The number of likely N-dealkylation sites (tertiary alicyclic amines) is 1. The van der Waals surface area contributed by atoms with Gasteiger partial charge in [0.1, 0.15) is 0 Å². The zero-order chi connectivity index (χ0) is 14.5. The minimum atomic E-state index is 0.188. The molecule has 0 spiro atoms. The van der Waals surface area contributed by atoms with Crippen molar-refractivity contribution in [3.8, 4) is 0 Å². The molecule has 0 aliphatic carbocycles. The number of carbonyl (C=O) groups is 1. The standard InChI is InChI=1S/C17H26N2O/c1-4-14-8-6-7-11-19(14)17(20)15-10-9-13(3)12-16(15)18-5-2/h9-10,12,14,18H,4-8,11H2,1-3H3. The summed E-state index contributed by atoms with van der Waals surface area (Å²) in [6, 6.07) is 6.48. The second-order valence-corrected chi connectivity index (χ2v) is 5.64. The summed E-state index contributed by atoms with van der Waals surface area (Å²) in [5.74, 6) is 0.188. The quantitative estimate of drug-likeness (QED) is 0.905. The molecule has 1 saturated heterocycles. The van der Waals surface area contributed by atoms with Crippen LogP contribution in [0.3, 0.4) is 0 Å². The maximum Gasteiger partial charge on any atom is 0.256 e. The fourth-order valence-corrected chi connectivity index (χ4v) is 3.03. The first-order valence-corrected chi connectivity index (χ1v) is 7.82. The van der Waals surface area contributed by atoms with Gasteiger partial charge in [-0.15, -0.1) is 0 Å². The number of anilines is 1. The third-order valence-corrected chi connectivity index (χ3v) is 4.13. The molecule has 3 nitrogen and oxygen atoms in total. The van der Waals surface area contributed by atoms with Gasteiger partial charge in [-0.2, -0.15) is 0 Å². The number of hydrogen-bond acceptors (Lipinski definition) is 2. The lowest BCUT2D eigenvalue weighted by atomic mass is 9.98. The maximum absolute atomic E-state index is 12.9. The number of aryl methyl sites for hydroxylation is 1. The van der Waals surface area contributed by atoms with Gasteiger partial charge in [0.15, 0.2) is 0 Å². The molecule has 110 valence electrons. The third-order valence-electron chi connectivity index (χ3n) is 4.13. The van der Waals surface area contributed by atoms with Crippen molar-refractivity contribution in [2.45, 2.75) is 52.5 Å². The molecule has 1 unspecified atom stereocenters. The average molecular weight is 274 g/mol. The molecule has 0 radical (unpaired) electrons. The Bertz CT molecular complexity index is 470. The van der Waals surface area contributed by atoms with Gasteiger partial charge in [-0.1, -0.05) is 13.0 Å². The summed E-state index contributed by atoms with van der Waals surface area (Å²) in [5, 5.41) is 3.32. The predicted octanol–water partition coefficient (Wildman–Crippen LogP) is 3.83. The van der Waals surface area contributed by atoms with Crippen molar-refractivity contribution in [3.63, 3.8) is 0 Å². The van der Waals surface area contributed by atoms with E-state index < -0.39 is 0 Å². The molecule has 3 heteroatoms. The molecule has 1 aromatic carbocycles. The van der Waals surface area contributed by atoms with Crippen LogP contribution in [0.2, 0.25) is 0 Å². The second-order valence-electron chi connectivity index (χ2n) is 5.64. The van der Waals surface area contributed by atoms with Gasteiger partial charge >= 0.3 is 0 Å². The normalized spacial score (nSPS) is 18.9. The molecule has 1 fully saturated rings. The van der Waals surface area contributed by atoms with Gasteiger partial charge < -0.3 is 10.2 Å². The summed E-state index contributed by atoms with van der Waals surface area (Å²) in [5.41, 5.74) is 2.97. The van der Waals surface area contributed by atoms with E-state index >= 15 is 0 Å². The molecule has 1 amide bonds. The zero-order valence-corrected chi connectivity index (χ0v) is 12.9. The minimum Gasteiger partial charge on any atom is -0.385 e. The van der Waals surface area contributed by atoms with Crippen molar-refractivity contribution < 1.29 is 4.79 Å². The van der Waals surface area contributed by atoms with Crippen LogP contribution in [0, 0.1) is 6.92 Å². The number of nitrogens with zero attached hydrogens (tertiary/aromatic N) is 1. The lowest BCUT2D eigenvalue weighted by molar-refractivity contribution is 0.0609. The van der Waals surface area contributed by atoms with Gasteiger partial charge in [0, 0.05) is 24.8 Å². The summed E-state index contributed by atoms with van der Waals surface area (Å²) in [7, 11) is 0. The number of hydrogen-bond donors (Lipinski definition) is 1. The fourth-order valence-electron chi connectivity index (χ4n) is 3.03. The highest BCUT2D eigenvalue weighted by molar-refractivity contribution is 6.00. The van der Waals surface area contributed by atoms with Crippen molar-refractivity contribution in [2.24, 2.45) is 0 Å². The van der Waals surface area contributed by atoms with Gasteiger partial charge in [-0.25, -0.2) is 0 Å². The average Bonchev–Trinajstić information content (AvgIpc) is 2.47. The second kappa shape index (κ2) is 6.78. The molecule has 1 aliphatic heterocycles. The predicted molar refractivity (Wildman–Crippen MR) is 84.3 cm³/mol. The van der Waals surface area contributed by atoms with Crippen LogP contribution in [0.1, 0.15) is 55.5 Å². The monoisotopic (exact) mass is 274 g/mol. The molecular formula is C17H26N2O. The van der Waals surface area contributed by atoms with Crippen LogP contribution < -0.4 is 5.32 Å².